The van der Waals surface area contributed by atoms with Gasteiger partial charge in [-0.15, -0.1) is 0 Å². The molecule has 0 saturated heterocycles. The van der Waals surface area contributed by atoms with Gasteiger partial charge in [-0.25, -0.2) is 8.78 Å². The summed E-state index contributed by atoms with van der Waals surface area (Å²) in [7, 11) is 0. The lowest BCUT2D eigenvalue weighted by molar-refractivity contribution is 0.426. The Bertz CT molecular complexity index is 650. The summed E-state index contributed by atoms with van der Waals surface area (Å²) in [5.74, 6) is -1.75. The summed E-state index contributed by atoms with van der Waals surface area (Å²) in [6.07, 6.45) is 0. The van der Waals surface area contributed by atoms with Crippen LogP contribution < -0.4 is 5.32 Å². The van der Waals surface area contributed by atoms with Crippen molar-refractivity contribution in [1.29, 1.82) is 5.26 Å². The zero-order valence-electron chi connectivity index (χ0n) is 9.82. The highest BCUT2D eigenvalue weighted by Crippen LogP contribution is 2.22. The van der Waals surface area contributed by atoms with Gasteiger partial charge in [-0.05, 0) is 24.3 Å². The van der Waals surface area contributed by atoms with Crippen molar-refractivity contribution >= 4 is 5.69 Å². The number of benzene rings is 2. The molecule has 96 valence electrons. The van der Waals surface area contributed by atoms with Crippen molar-refractivity contribution in [2.75, 3.05) is 5.32 Å². The number of nitrogens with zero attached hydrogens (tertiary/aromatic N) is 1. The number of nitrogens with one attached hydrogen (secondary N) is 1. The minimum atomic E-state index is -0.723. The maximum atomic E-state index is 13.6. The molecule has 2 aromatic rings. The van der Waals surface area contributed by atoms with Crippen molar-refractivity contribution in [1.82, 2.24) is 0 Å². The highest BCUT2D eigenvalue weighted by atomic mass is 19.1. The molecule has 2 aromatic carbocycles. The average Bonchev–Trinajstić information content (AvgIpc) is 2.41. The summed E-state index contributed by atoms with van der Waals surface area (Å²) in [5.41, 5.74) is 0.725. The molecule has 0 atom stereocenters. The van der Waals surface area contributed by atoms with Gasteiger partial charge in [0.2, 0.25) is 0 Å². The van der Waals surface area contributed by atoms with E-state index < -0.39 is 17.4 Å². The molecule has 0 aliphatic rings. The Morgan fingerprint density at radius 1 is 1.16 bits per heavy atom. The van der Waals surface area contributed by atoms with Crippen LogP contribution in [0, 0.1) is 23.0 Å². The molecule has 0 aromatic heterocycles. The molecule has 0 unspecified atom stereocenters. The van der Waals surface area contributed by atoms with E-state index in [0.717, 1.165) is 12.1 Å². The van der Waals surface area contributed by atoms with Crippen LogP contribution in [0.4, 0.5) is 14.5 Å². The number of para-hydroxylation sites is 1. The van der Waals surface area contributed by atoms with Gasteiger partial charge in [0.25, 0.3) is 0 Å². The number of phenols is 1. The number of anilines is 1. The van der Waals surface area contributed by atoms with Crippen molar-refractivity contribution in [3.8, 4) is 11.8 Å². The summed E-state index contributed by atoms with van der Waals surface area (Å²) in [5, 5.41) is 20.8. The second kappa shape index (κ2) is 5.36. The number of phenolic OH excluding ortho intramolecular Hbond substituents is 1. The fraction of sp³-hybridized carbons (Fsp3) is 0.0714. The normalized spacial score (nSPS) is 9.95. The van der Waals surface area contributed by atoms with E-state index in [1.54, 1.807) is 0 Å². The van der Waals surface area contributed by atoms with Gasteiger partial charge in [0.1, 0.15) is 5.82 Å². The SMILES string of the molecule is N#Cc1ccc(NCc2cccc(F)c2O)c(F)c1. The Labute approximate surface area is 108 Å². The first-order valence-corrected chi connectivity index (χ1v) is 5.51. The van der Waals surface area contributed by atoms with Gasteiger partial charge in [0.15, 0.2) is 11.6 Å². The van der Waals surface area contributed by atoms with Gasteiger partial charge in [-0.3, -0.25) is 0 Å². The predicted octanol–water partition coefficient (Wildman–Crippen LogP) is 3.15. The number of hydrogen-bond acceptors (Lipinski definition) is 3. The van der Waals surface area contributed by atoms with Crippen LogP contribution in [0.2, 0.25) is 0 Å². The van der Waals surface area contributed by atoms with Crippen LogP contribution in [-0.2, 0) is 6.54 Å². The summed E-state index contributed by atoms with van der Waals surface area (Å²) in [6, 6.07) is 9.96. The fourth-order valence-electron chi connectivity index (χ4n) is 1.62. The molecular weight excluding hydrogens is 250 g/mol. The molecule has 0 radical (unpaired) electrons. The second-order valence-corrected chi connectivity index (χ2v) is 3.91. The third kappa shape index (κ3) is 2.80. The predicted molar refractivity (Wildman–Crippen MR) is 66.5 cm³/mol. The van der Waals surface area contributed by atoms with E-state index in [4.69, 9.17) is 5.26 Å². The number of nitriles is 1. The van der Waals surface area contributed by atoms with E-state index in [0.29, 0.717) is 5.56 Å². The lowest BCUT2D eigenvalue weighted by Gasteiger charge is -2.09. The molecule has 0 fully saturated rings. The topological polar surface area (TPSA) is 56.0 Å². The number of hydrogen-bond donors (Lipinski definition) is 2. The van der Waals surface area contributed by atoms with E-state index in [2.05, 4.69) is 5.32 Å². The van der Waals surface area contributed by atoms with Crippen LogP contribution in [0.5, 0.6) is 5.75 Å². The Balaban J connectivity index is 2.15. The molecule has 0 bridgehead atoms. The quantitative estimate of drug-likeness (QED) is 0.891. The molecule has 0 spiro atoms. The van der Waals surface area contributed by atoms with Crippen LogP contribution in [0.3, 0.4) is 0 Å². The van der Waals surface area contributed by atoms with Crippen molar-refractivity contribution in [2.45, 2.75) is 6.54 Å². The van der Waals surface area contributed by atoms with E-state index in [-0.39, 0.29) is 17.8 Å². The Morgan fingerprint density at radius 3 is 2.63 bits per heavy atom. The van der Waals surface area contributed by atoms with Crippen molar-refractivity contribution < 1.29 is 13.9 Å². The molecule has 5 heteroatoms. The highest BCUT2D eigenvalue weighted by molar-refractivity contribution is 5.49. The zero-order chi connectivity index (χ0) is 13.8. The lowest BCUT2D eigenvalue weighted by atomic mass is 10.1. The minimum Gasteiger partial charge on any atom is -0.505 e. The number of aromatic hydroxyl groups is 1. The monoisotopic (exact) mass is 260 g/mol. The molecule has 0 aliphatic heterocycles. The summed E-state index contributed by atoms with van der Waals surface area (Å²) >= 11 is 0. The maximum Gasteiger partial charge on any atom is 0.165 e. The average molecular weight is 260 g/mol. The molecule has 0 amide bonds. The first-order valence-electron chi connectivity index (χ1n) is 5.51. The van der Waals surface area contributed by atoms with Crippen molar-refractivity contribution in [3.63, 3.8) is 0 Å². The second-order valence-electron chi connectivity index (χ2n) is 3.91. The molecule has 3 nitrogen and oxygen atoms in total. The number of rotatable bonds is 3. The van der Waals surface area contributed by atoms with Crippen LogP contribution in [0.1, 0.15) is 11.1 Å². The molecule has 0 saturated carbocycles. The van der Waals surface area contributed by atoms with Gasteiger partial charge in [0, 0.05) is 12.1 Å². The van der Waals surface area contributed by atoms with E-state index in [1.165, 1.54) is 24.3 Å². The van der Waals surface area contributed by atoms with Gasteiger partial charge in [-0.2, -0.15) is 5.26 Å². The highest BCUT2D eigenvalue weighted by Gasteiger charge is 2.08. The molecule has 19 heavy (non-hydrogen) atoms. The maximum absolute atomic E-state index is 13.6. The summed E-state index contributed by atoms with van der Waals surface area (Å²) in [4.78, 5) is 0. The first kappa shape index (κ1) is 12.8. The van der Waals surface area contributed by atoms with Crippen molar-refractivity contribution in [3.05, 3.63) is 59.2 Å². The largest absolute Gasteiger partial charge is 0.505 e. The van der Waals surface area contributed by atoms with E-state index in [9.17, 15) is 13.9 Å². The van der Waals surface area contributed by atoms with Crippen LogP contribution in [-0.4, -0.2) is 5.11 Å². The lowest BCUT2D eigenvalue weighted by Crippen LogP contribution is -2.02. The van der Waals surface area contributed by atoms with Gasteiger partial charge in [-0.1, -0.05) is 12.1 Å². The minimum absolute atomic E-state index is 0.0758. The molecule has 0 heterocycles. The summed E-state index contributed by atoms with van der Waals surface area (Å²) in [6.45, 7) is 0.0758. The van der Waals surface area contributed by atoms with Crippen LogP contribution in [0.15, 0.2) is 36.4 Å². The van der Waals surface area contributed by atoms with Crippen molar-refractivity contribution in [2.24, 2.45) is 0 Å². The fourth-order valence-corrected chi connectivity index (χ4v) is 1.62. The standard InChI is InChI=1S/C14H10F2N2O/c15-11-3-1-2-10(14(11)19)8-18-13-5-4-9(7-17)6-12(13)16/h1-6,18-19H,8H2. The molecule has 0 aliphatic carbocycles. The van der Waals surface area contributed by atoms with Crippen LogP contribution >= 0.6 is 0 Å². The van der Waals surface area contributed by atoms with E-state index >= 15 is 0 Å². The molecular formula is C14H10F2N2O. The smallest absolute Gasteiger partial charge is 0.165 e. The first-order chi connectivity index (χ1) is 9.11. The Hall–Kier alpha value is -2.61. The van der Waals surface area contributed by atoms with Crippen LogP contribution in [0.25, 0.3) is 0 Å². The third-order valence-corrected chi connectivity index (χ3v) is 2.64. The third-order valence-electron chi connectivity index (χ3n) is 2.64. The van der Waals surface area contributed by atoms with Gasteiger partial charge < -0.3 is 10.4 Å². The Morgan fingerprint density at radius 2 is 1.95 bits per heavy atom. The zero-order valence-corrected chi connectivity index (χ0v) is 9.82. The van der Waals surface area contributed by atoms with Gasteiger partial charge in [0.05, 0.1) is 17.3 Å². The molecule has 2 rings (SSSR count). The summed E-state index contributed by atoms with van der Waals surface area (Å²) < 4.78 is 26.7. The van der Waals surface area contributed by atoms with E-state index in [1.807, 2.05) is 6.07 Å². The Kier molecular flexibility index (Phi) is 3.62. The molecule has 2 N–H and O–H groups in total. The van der Waals surface area contributed by atoms with Gasteiger partial charge >= 0.3 is 0 Å². The number of halogens is 2.